The summed E-state index contributed by atoms with van der Waals surface area (Å²) in [4.78, 5) is 15.2. The topological polar surface area (TPSA) is 50.2 Å². The highest BCUT2D eigenvalue weighted by atomic mass is 16.1. The first-order chi connectivity index (χ1) is 12.6. The molecule has 5 heteroatoms. The largest absolute Gasteiger partial charge is 0.352 e. The Labute approximate surface area is 155 Å². The van der Waals surface area contributed by atoms with Gasteiger partial charge in [-0.3, -0.25) is 14.4 Å². The highest BCUT2D eigenvalue weighted by Crippen LogP contribution is 2.34. The van der Waals surface area contributed by atoms with Gasteiger partial charge in [0.25, 0.3) is 5.91 Å². The van der Waals surface area contributed by atoms with Crippen molar-refractivity contribution in [3.05, 3.63) is 52.8 Å². The van der Waals surface area contributed by atoms with Crippen LogP contribution in [0.3, 0.4) is 0 Å². The smallest absolute Gasteiger partial charge is 0.251 e. The second-order valence-corrected chi connectivity index (χ2v) is 7.71. The molecule has 1 aliphatic heterocycles. The van der Waals surface area contributed by atoms with Gasteiger partial charge in [0.15, 0.2) is 0 Å². The maximum atomic E-state index is 12.8. The third-order valence-corrected chi connectivity index (χ3v) is 6.08. The molecule has 1 fully saturated rings. The van der Waals surface area contributed by atoms with E-state index < -0.39 is 0 Å². The number of hydrogen-bond donors (Lipinski definition) is 1. The summed E-state index contributed by atoms with van der Waals surface area (Å²) in [5, 5.41) is 7.58. The Kier molecular flexibility index (Phi) is 4.81. The van der Waals surface area contributed by atoms with Gasteiger partial charge in [0.1, 0.15) is 0 Å². The molecule has 0 unspecified atom stereocenters. The molecule has 26 heavy (non-hydrogen) atoms. The lowest BCUT2D eigenvalue weighted by Crippen LogP contribution is -2.42. The van der Waals surface area contributed by atoms with E-state index in [4.69, 9.17) is 0 Å². The minimum Gasteiger partial charge on any atom is -0.352 e. The van der Waals surface area contributed by atoms with Crippen LogP contribution in [0.25, 0.3) is 0 Å². The summed E-state index contributed by atoms with van der Waals surface area (Å²) in [7, 11) is 4.18. The second kappa shape index (κ2) is 7.23. The number of benzene rings is 1. The van der Waals surface area contributed by atoms with Gasteiger partial charge in [0.05, 0.1) is 11.7 Å². The number of nitrogens with zero attached hydrogens (tertiary/aromatic N) is 3. The Balaban J connectivity index is 1.49. The Morgan fingerprint density at radius 1 is 1.23 bits per heavy atom. The molecule has 5 nitrogen and oxygen atoms in total. The minimum atomic E-state index is 0.0840. The lowest BCUT2D eigenvalue weighted by molar-refractivity contribution is 0.0879. The van der Waals surface area contributed by atoms with E-state index in [9.17, 15) is 4.79 Å². The molecule has 1 aliphatic carbocycles. The van der Waals surface area contributed by atoms with Crippen molar-refractivity contribution in [2.45, 2.75) is 38.1 Å². The van der Waals surface area contributed by atoms with Crippen molar-refractivity contribution in [1.82, 2.24) is 20.0 Å². The molecule has 2 aromatic rings. The van der Waals surface area contributed by atoms with E-state index in [2.05, 4.69) is 34.5 Å². The predicted molar refractivity (Wildman–Crippen MR) is 102 cm³/mol. The zero-order valence-corrected chi connectivity index (χ0v) is 15.7. The Morgan fingerprint density at radius 2 is 2.12 bits per heavy atom. The highest BCUT2D eigenvalue weighted by Gasteiger charge is 2.32. The van der Waals surface area contributed by atoms with Crippen molar-refractivity contribution < 1.29 is 4.79 Å². The molecule has 2 atom stereocenters. The maximum absolute atomic E-state index is 12.8. The fourth-order valence-electron chi connectivity index (χ4n) is 4.77. The summed E-state index contributed by atoms with van der Waals surface area (Å²) in [5.74, 6) is 0.491. The van der Waals surface area contributed by atoms with Crippen LogP contribution < -0.4 is 5.32 Å². The third kappa shape index (κ3) is 3.16. The van der Waals surface area contributed by atoms with Gasteiger partial charge in [-0.15, -0.1) is 0 Å². The third-order valence-electron chi connectivity index (χ3n) is 6.08. The first-order valence-corrected chi connectivity index (χ1v) is 9.72. The van der Waals surface area contributed by atoms with Gasteiger partial charge in [-0.1, -0.05) is 12.1 Å². The van der Waals surface area contributed by atoms with E-state index in [-0.39, 0.29) is 5.91 Å². The van der Waals surface area contributed by atoms with Crippen LogP contribution in [0.1, 0.15) is 52.5 Å². The zero-order chi connectivity index (χ0) is 18.1. The molecule has 1 saturated heterocycles. The molecular weight excluding hydrogens is 324 g/mol. The number of amides is 1. The zero-order valence-electron chi connectivity index (χ0n) is 15.7. The Hall–Kier alpha value is -2.14. The number of hydrogen-bond acceptors (Lipinski definition) is 3. The number of aryl methyl sites for hydroxylation is 2. The van der Waals surface area contributed by atoms with Crippen molar-refractivity contribution in [3.8, 4) is 0 Å². The first-order valence-electron chi connectivity index (χ1n) is 9.72. The average Bonchev–Trinajstić information content (AvgIpc) is 3.28. The molecule has 2 heterocycles. The molecular formula is C21H28N4O. The summed E-state index contributed by atoms with van der Waals surface area (Å²) < 4.78 is 1.96. The van der Waals surface area contributed by atoms with E-state index in [1.807, 2.05) is 30.1 Å². The fourth-order valence-corrected chi connectivity index (χ4v) is 4.77. The van der Waals surface area contributed by atoms with E-state index in [0.29, 0.717) is 18.5 Å². The molecule has 0 saturated carbocycles. The van der Waals surface area contributed by atoms with Crippen LogP contribution in [0.4, 0.5) is 0 Å². The Morgan fingerprint density at radius 3 is 2.92 bits per heavy atom. The van der Waals surface area contributed by atoms with Crippen LogP contribution >= 0.6 is 0 Å². The molecule has 0 bridgehead atoms. The van der Waals surface area contributed by atoms with Gasteiger partial charge in [-0.25, -0.2) is 0 Å². The lowest BCUT2D eigenvalue weighted by Gasteiger charge is -2.39. The number of carbonyl (C=O) groups is 1. The SMILES string of the molecule is CN1CCC[C@@H](CNC(=O)c2cccc3c2CCC3)[C@@H]1c1ccnn1C. The summed E-state index contributed by atoms with van der Waals surface area (Å²) in [6.45, 7) is 1.80. The summed E-state index contributed by atoms with van der Waals surface area (Å²) >= 11 is 0. The normalized spacial score (nSPS) is 23.0. The highest BCUT2D eigenvalue weighted by molar-refractivity contribution is 5.96. The van der Waals surface area contributed by atoms with Gasteiger partial charge in [-0.2, -0.15) is 5.10 Å². The standard InChI is InChI=1S/C21H28N4O/c1-24-13-5-8-16(20(24)19-11-12-23-25(19)2)14-22-21(26)18-10-4-7-15-6-3-9-17(15)18/h4,7,10-12,16,20H,3,5-6,8-9,13-14H2,1-2H3,(H,22,26)/t16-,20+/m0/s1. The number of nitrogens with one attached hydrogen (secondary N) is 1. The summed E-state index contributed by atoms with van der Waals surface area (Å²) in [5.41, 5.74) is 4.71. The van der Waals surface area contributed by atoms with Crippen LogP contribution in [0.2, 0.25) is 0 Å². The van der Waals surface area contributed by atoms with Gasteiger partial charge in [0, 0.05) is 25.4 Å². The van der Waals surface area contributed by atoms with Gasteiger partial charge >= 0.3 is 0 Å². The van der Waals surface area contributed by atoms with E-state index in [0.717, 1.165) is 37.8 Å². The fraction of sp³-hybridized carbons (Fsp3) is 0.524. The number of aromatic nitrogens is 2. The van der Waals surface area contributed by atoms with Crippen LogP contribution in [0, 0.1) is 5.92 Å². The minimum absolute atomic E-state index is 0.0840. The monoisotopic (exact) mass is 352 g/mol. The van der Waals surface area contributed by atoms with E-state index in [1.54, 1.807) is 0 Å². The number of fused-ring (bicyclic) bond motifs is 1. The van der Waals surface area contributed by atoms with Crippen molar-refractivity contribution >= 4 is 5.91 Å². The molecule has 1 amide bonds. The molecule has 1 aromatic heterocycles. The first kappa shape index (κ1) is 17.3. The molecule has 0 spiro atoms. The van der Waals surface area contributed by atoms with Crippen molar-refractivity contribution in [1.29, 1.82) is 0 Å². The van der Waals surface area contributed by atoms with Gasteiger partial charge in [0.2, 0.25) is 0 Å². The second-order valence-electron chi connectivity index (χ2n) is 7.71. The number of carbonyl (C=O) groups excluding carboxylic acids is 1. The molecule has 1 N–H and O–H groups in total. The molecule has 138 valence electrons. The quantitative estimate of drug-likeness (QED) is 0.920. The molecule has 0 radical (unpaired) electrons. The summed E-state index contributed by atoms with van der Waals surface area (Å²) in [6, 6.07) is 8.56. The van der Waals surface area contributed by atoms with Crippen LogP contribution in [0.15, 0.2) is 30.5 Å². The van der Waals surface area contributed by atoms with Crippen molar-refractivity contribution in [2.75, 3.05) is 20.1 Å². The van der Waals surface area contributed by atoms with E-state index in [1.165, 1.54) is 23.2 Å². The van der Waals surface area contributed by atoms with Crippen molar-refractivity contribution in [2.24, 2.45) is 13.0 Å². The predicted octanol–water partition coefficient (Wildman–Crippen LogP) is 2.72. The number of piperidine rings is 1. The van der Waals surface area contributed by atoms with Crippen LogP contribution in [-0.4, -0.2) is 40.7 Å². The lowest BCUT2D eigenvalue weighted by atomic mass is 9.87. The molecule has 2 aliphatic rings. The maximum Gasteiger partial charge on any atom is 0.251 e. The number of likely N-dealkylation sites (tertiary alicyclic amines) is 1. The average molecular weight is 352 g/mol. The Bertz CT molecular complexity index is 797. The van der Waals surface area contributed by atoms with E-state index >= 15 is 0 Å². The number of rotatable bonds is 4. The summed E-state index contributed by atoms with van der Waals surface area (Å²) in [6.07, 6.45) is 7.46. The van der Waals surface area contributed by atoms with Gasteiger partial charge in [-0.05, 0) is 74.9 Å². The van der Waals surface area contributed by atoms with Crippen LogP contribution in [-0.2, 0) is 19.9 Å². The van der Waals surface area contributed by atoms with Gasteiger partial charge < -0.3 is 5.32 Å². The molecule has 1 aromatic carbocycles. The van der Waals surface area contributed by atoms with Crippen LogP contribution in [0.5, 0.6) is 0 Å². The van der Waals surface area contributed by atoms with Crippen molar-refractivity contribution in [3.63, 3.8) is 0 Å². The molecule has 4 rings (SSSR count).